The lowest BCUT2D eigenvalue weighted by Gasteiger charge is -2.08. The van der Waals surface area contributed by atoms with Crippen LogP contribution in [0.2, 0.25) is 5.15 Å². The van der Waals surface area contributed by atoms with Crippen LogP contribution in [0.4, 0.5) is 4.39 Å². The van der Waals surface area contributed by atoms with Gasteiger partial charge < -0.3 is 5.32 Å². The van der Waals surface area contributed by atoms with Gasteiger partial charge in [0.2, 0.25) is 0 Å². The molecule has 0 unspecified atom stereocenters. The molecule has 3 aromatic rings. The Kier molecular flexibility index (Phi) is 5.38. The van der Waals surface area contributed by atoms with Gasteiger partial charge in [-0.05, 0) is 42.7 Å². The van der Waals surface area contributed by atoms with Crippen LogP contribution >= 0.6 is 11.6 Å². The third-order valence-corrected chi connectivity index (χ3v) is 4.62. The number of carbonyl (C=O) groups excluding carboxylic acids is 1. The van der Waals surface area contributed by atoms with Gasteiger partial charge in [0, 0.05) is 6.54 Å². The fraction of sp³-hybridized carbons (Fsp3) is 0.200. The number of aromatic nitrogens is 2. The Bertz CT molecular complexity index is 935. The summed E-state index contributed by atoms with van der Waals surface area (Å²) in [5, 5.41) is 7.52. The van der Waals surface area contributed by atoms with Gasteiger partial charge in [-0.1, -0.05) is 48.0 Å². The van der Waals surface area contributed by atoms with Gasteiger partial charge in [-0.25, -0.2) is 9.07 Å². The van der Waals surface area contributed by atoms with Crippen LogP contribution in [0.5, 0.6) is 0 Å². The van der Waals surface area contributed by atoms with Crippen molar-refractivity contribution >= 4 is 17.5 Å². The van der Waals surface area contributed by atoms with E-state index in [1.165, 1.54) is 12.1 Å². The van der Waals surface area contributed by atoms with Gasteiger partial charge >= 0.3 is 0 Å². The van der Waals surface area contributed by atoms with E-state index in [-0.39, 0.29) is 16.9 Å². The fourth-order valence-electron chi connectivity index (χ4n) is 2.75. The Morgan fingerprint density at radius 2 is 1.85 bits per heavy atom. The smallest absolute Gasteiger partial charge is 0.256 e. The first-order chi connectivity index (χ1) is 12.5. The van der Waals surface area contributed by atoms with Gasteiger partial charge in [0.15, 0.2) is 0 Å². The predicted molar refractivity (Wildman–Crippen MR) is 99.8 cm³/mol. The zero-order valence-corrected chi connectivity index (χ0v) is 15.3. The summed E-state index contributed by atoms with van der Waals surface area (Å²) >= 11 is 6.38. The van der Waals surface area contributed by atoms with E-state index in [0.717, 1.165) is 16.7 Å². The number of benzene rings is 2. The van der Waals surface area contributed by atoms with Crippen molar-refractivity contribution in [2.24, 2.45) is 0 Å². The third-order valence-electron chi connectivity index (χ3n) is 4.24. The van der Waals surface area contributed by atoms with Crippen LogP contribution in [0.25, 0.3) is 0 Å². The monoisotopic (exact) mass is 371 g/mol. The highest BCUT2D eigenvalue weighted by Gasteiger charge is 2.20. The Labute approximate surface area is 156 Å². The highest BCUT2D eigenvalue weighted by Crippen LogP contribution is 2.21. The normalized spacial score (nSPS) is 10.8. The van der Waals surface area contributed by atoms with Crippen molar-refractivity contribution in [1.82, 2.24) is 15.1 Å². The molecule has 1 amide bonds. The van der Waals surface area contributed by atoms with Gasteiger partial charge in [-0.2, -0.15) is 5.10 Å². The topological polar surface area (TPSA) is 46.9 Å². The number of halogens is 2. The quantitative estimate of drug-likeness (QED) is 0.728. The Morgan fingerprint density at radius 3 is 2.54 bits per heavy atom. The van der Waals surface area contributed by atoms with E-state index in [1.54, 1.807) is 23.7 Å². The molecule has 1 aromatic heterocycles. The standard InChI is InChI=1S/C20H19ClFN3O/c1-13-5-3-4-6-16(13)11-23-20(26)18-14(2)24-25(19(18)21)12-15-7-9-17(22)10-8-15/h3-10H,11-12H2,1-2H3,(H,23,26). The maximum atomic E-state index is 13.0. The Balaban J connectivity index is 1.75. The number of rotatable bonds is 5. The largest absolute Gasteiger partial charge is 0.348 e. The van der Waals surface area contributed by atoms with Crippen LogP contribution in [-0.2, 0) is 13.1 Å². The molecule has 2 aromatic carbocycles. The van der Waals surface area contributed by atoms with Crippen molar-refractivity contribution in [3.63, 3.8) is 0 Å². The van der Waals surface area contributed by atoms with Crippen LogP contribution < -0.4 is 5.32 Å². The Hall–Kier alpha value is -2.66. The van der Waals surface area contributed by atoms with Crippen molar-refractivity contribution in [1.29, 1.82) is 0 Å². The van der Waals surface area contributed by atoms with E-state index < -0.39 is 0 Å². The van der Waals surface area contributed by atoms with Gasteiger partial charge in [0.25, 0.3) is 5.91 Å². The molecule has 3 rings (SSSR count). The van der Waals surface area contributed by atoms with Crippen LogP contribution in [0, 0.1) is 19.7 Å². The molecule has 0 fully saturated rings. The van der Waals surface area contributed by atoms with Gasteiger partial charge in [-0.3, -0.25) is 4.79 Å². The molecule has 4 nitrogen and oxygen atoms in total. The zero-order chi connectivity index (χ0) is 18.7. The highest BCUT2D eigenvalue weighted by atomic mass is 35.5. The Morgan fingerprint density at radius 1 is 1.15 bits per heavy atom. The van der Waals surface area contributed by atoms with Crippen molar-refractivity contribution in [3.8, 4) is 0 Å². The minimum absolute atomic E-state index is 0.263. The number of aryl methyl sites for hydroxylation is 2. The molecule has 0 saturated heterocycles. The second kappa shape index (κ2) is 7.70. The first-order valence-corrected chi connectivity index (χ1v) is 8.63. The van der Waals surface area contributed by atoms with Crippen LogP contribution in [0.1, 0.15) is 32.7 Å². The van der Waals surface area contributed by atoms with Crippen LogP contribution in [-0.4, -0.2) is 15.7 Å². The summed E-state index contributed by atoms with van der Waals surface area (Å²) in [5.74, 6) is -0.561. The summed E-state index contributed by atoms with van der Waals surface area (Å²) in [4.78, 5) is 12.6. The molecule has 134 valence electrons. The molecule has 0 aliphatic heterocycles. The number of carbonyl (C=O) groups is 1. The summed E-state index contributed by atoms with van der Waals surface area (Å²) in [7, 11) is 0. The zero-order valence-electron chi connectivity index (χ0n) is 14.6. The molecule has 26 heavy (non-hydrogen) atoms. The van der Waals surface area contributed by atoms with Gasteiger partial charge in [0.1, 0.15) is 11.0 Å². The van der Waals surface area contributed by atoms with Crippen molar-refractivity contribution in [3.05, 3.63) is 87.4 Å². The molecule has 0 radical (unpaired) electrons. The SMILES string of the molecule is Cc1ccccc1CNC(=O)c1c(C)nn(Cc2ccc(F)cc2)c1Cl. The molecule has 0 spiro atoms. The molecular formula is C20H19ClFN3O. The summed E-state index contributed by atoms with van der Waals surface area (Å²) in [6.07, 6.45) is 0. The van der Waals surface area contributed by atoms with Gasteiger partial charge in [-0.15, -0.1) is 0 Å². The van der Waals surface area contributed by atoms with E-state index in [9.17, 15) is 9.18 Å². The maximum absolute atomic E-state index is 13.0. The van der Waals surface area contributed by atoms with Crippen molar-refractivity contribution < 1.29 is 9.18 Å². The second-order valence-electron chi connectivity index (χ2n) is 6.14. The molecule has 1 N–H and O–H groups in total. The van der Waals surface area contributed by atoms with Crippen LogP contribution in [0.15, 0.2) is 48.5 Å². The van der Waals surface area contributed by atoms with E-state index in [1.807, 2.05) is 31.2 Å². The molecule has 6 heteroatoms. The lowest BCUT2D eigenvalue weighted by Crippen LogP contribution is -2.24. The van der Waals surface area contributed by atoms with E-state index in [2.05, 4.69) is 10.4 Å². The first kappa shape index (κ1) is 18.1. The number of hydrogen-bond acceptors (Lipinski definition) is 2. The average Bonchev–Trinajstić information content (AvgIpc) is 2.89. The van der Waals surface area contributed by atoms with E-state index >= 15 is 0 Å². The summed E-state index contributed by atoms with van der Waals surface area (Å²) in [6.45, 7) is 4.53. The maximum Gasteiger partial charge on any atom is 0.256 e. The predicted octanol–water partition coefficient (Wildman–Crippen LogP) is 4.27. The third kappa shape index (κ3) is 3.94. The van der Waals surface area contributed by atoms with E-state index in [0.29, 0.717) is 24.3 Å². The molecule has 1 heterocycles. The molecule has 0 aliphatic rings. The molecule has 0 saturated carbocycles. The molecule has 0 aliphatic carbocycles. The van der Waals surface area contributed by atoms with E-state index in [4.69, 9.17) is 11.6 Å². The second-order valence-corrected chi connectivity index (χ2v) is 6.50. The van der Waals surface area contributed by atoms with Crippen molar-refractivity contribution in [2.75, 3.05) is 0 Å². The summed E-state index contributed by atoms with van der Waals surface area (Å²) in [5.41, 5.74) is 3.93. The molecule has 0 bridgehead atoms. The number of nitrogens with zero attached hydrogens (tertiary/aromatic N) is 2. The highest BCUT2D eigenvalue weighted by molar-refractivity contribution is 6.33. The number of nitrogens with one attached hydrogen (secondary N) is 1. The number of hydrogen-bond donors (Lipinski definition) is 1. The lowest BCUT2D eigenvalue weighted by atomic mass is 10.1. The minimum atomic E-state index is -0.298. The van der Waals surface area contributed by atoms with Gasteiger partial charge in [0.05, 0.1) is 17.8 Å². The molecule has 0 atom stereocenters. The summed E-state index contributed by atoms with van der Waals surface area (Å²) in [6, 6.07) is 14.0. The summed E-state index contributed by atoms with van der Waals surface area (Å²) < 4.78 is 14.6. The number of amides is 1. The lowest BCUT2D eigenvalue weighted by molar-refractivity contribution is 0.0950. The van der Waals surface area contributed by atoms with Crippen molar-refractivity contribution in [2.45, 2.75) is 26.9 Å². The molecular weight excluding hydrogens is 353 g/mol. The minimum Gasteiger partial charge on any atom is -0.348 e. The van der Waals surface area contributed by atoms with Crippen LogP contribution in [0.3, 0.4) is 0 Å². The first-order valence-electron chi connectivity index (χ1n) is 8.25. The average molecular weight is 372 g/mol. The fourth-order valence-corrected chi connectivity index (χ4v) is 3.07.